The van der Waals surface area contributed by atoms with E-state index in [1.165, 1.54) is 0 Å². The third-order valence-electron chi connectivity index (χ3n) is 2.66. The van der Waals surface area contributed by atoms with Gasteiger partial charge >= 0.3 is 0 Å². The molecule has 4 nitrogen and oxygen atoms in total. The number of carbonyl (C=O) groups is 1. The third-order valence-corrected chi connectivity index (χ3v) is 2.66. The highest BCUT2D eigenvalue weighted by Crippen LogP contribution is 2.28. The van der Waals surface area contributed by atoms with Crippen LogP contribution in [0, 0.1) is 6.92 Å². The predicted octanol–water partition coefficient (Wildman–Crippen LogP) is 2.47. The molecule has 0 aliphatic carbocycles. The molecule has 1 N–H and O–H groups in total. The molecule has 106 valence electrons. The molecule has 1 rings (SSSR count). The lowest BCUT2D eigenvalue weighted by molar-refractivity contribution is -0.121. The summed E-state index contributed by atoms with van der Waals surface area (Å²) in [6.45, 7) is 7.81. The van der Waals surface area contributed by atoms with Crippen molar-refractivity contribution in [3.05, 3.63) is 23.3 Å². The molecule has 0 saturated heterocycles. The zero-order valence-corrected chi connectivity index (χ0v) is 12.6. The van der Waals surface area contributed by atoms with Crippen molar-refractivity contribution < 1.29 is 14.3 Å². The minimum Gasteiger partial charge on any atom is -0.496 e. The van der Waals surface area contributed by atoms with Gasteiger partial charge in [-0.3, -0.25) is 4.79 Å². The fourth-order valence-corrected chi connectivity index (χ4v) is 1.89. The Morgan fingerprint density at radius 2 is 1.74 bits per heavy atom. The van der Waals surface area contributed by atoms with E-state index in [0.29, 0.717) is 5.75 Å². The summed E-state index contributed by atoms with van der Waals surface area (Å²) in [5.41, 5.74) is 1.57. The van der Waals surface area contributed by atoms with Crippen LogP contribution in [0.15, 0.2) is 12.1 Å². The van der Waals surface area contributed by atoms with E-state index in [4.69, 9.17) is 9.47 Å². The number of ether oxygens (including phenoxy) is 2. The lowest BCUT2D eigenvalue weighted by Crippen LogP contribution is -2.41. The number of carbonyl (C=O) groups excluding carboxylic acids is 1. The Bertz CT molecular complexity index is 461. The first kappa shape index (κ1) is 15.3. The van der Waals surface area contributed by atoms with Gasteiger partial charge < -0.3 is 14.8 Å². The molecule has 0 saturated carbocycles. The van der Waals surface area contributed by atoms with Gasteiger partial charge in [-0.25, -0.2) is 0 Å². The average molecular weight is 265 g/mol. The molecular formula is C15H23NO3. The Hall–Kier alpha value is -1.71. The number of methoxy groups -OCH3 is 2. The normalized spacial score (nSPS) is 11.1. The van der Waals surface area contributed by atoms with Gasteiger partial charge in [-0.2, -0.15) is 0 Å². The second kappa shape index (κ2) is 5.95. The van der Waals surface area contributed by atoms with Gasteiger partial charge in [0.15, 0.2) is 0 Å². The molecule has 1 amide bonds. The molecule has 0 aliphatic heterocycles. The highest BCUT2D eigenvalue weighted by molar-refractivity contribution is 5.80. The SMILES string of the molecule is COc1cc(CC(=O)NC(C)(C)C)c(OC)cc1C. The first-order chi connectivity index (χ1) is 8.76. The van der Waals surface area contributed by atoms with Gasteiger partial charge in [0, 0.05) is 11.1 Å². The largest absolute Gasteiger partial charge is 0.496 e. The first-order valence-electron chi connectivity index (χ1n) is 6.29. The van der Waals surface area contributed by atoms with Crippen molar-refractivity contribution in [3.8, 4) is 11.5 Å². The highest BCUT2D eigenvalue weighted by atomic mass is 16.5. The fourth-order valence-electron chi connectivity index (χ4n) is 1.89. The smallest absolute Gasteiger partial charge is 0.224 e. The molecule has 0 aliphatic rings. The van der Waals surface area contributed by atoms with Gasteiger partial charge in [0.05, 0.1) is 20.6 Å². The van der Waals surface area contributed by atoms with Gasteiger partial charge in [0.25, 0.3) is 0 Å². The monoisotopic (exact) mass is 265 g/mol. The summed E-state index contributed by atoms with van der Waals surface area (Å²) in [6.07, 6.45) is 0.275. The molecule has 4 heteroatoms. The first-order valence-corrected chi connectivity index (χ1v) is 6.29. The number of aryl methyl sites for hydroxylation is 1. The van der Waals surface area contributed by atoms with Gasteiger partial charge in [-0.1, -0.05) is 0 Å². The molecule has 0 bridgehead atoms. The molecule has 0 atom stereocenters. The summed E-state index contributed by atoms with van der Waals surface area (Å²) in [6, 6.07) is 3.74. The Balaban J connectivity index is 2.96. The fraction of sp³-hybridized carbons (Fsp3) is 0.533. The number of rotatable bonds is 4. The summed E-state index contributed by atoms with van der Waals surface area (Å²) in [5, 5.41) is 2.94. The van der Waals surface area contributed by atoms with Crippen LogP contribution in [0.1, 0.15) is 31.9 Å². The van der Waals surface area contributed by atoms with Crippen LogP contribution in [0.25, 0.3) is 0 Å². The van der Waals surface area contributed by atoms with Gasteiger partial charge in [0.1, 0.15) is 11.5 Å². The maximum Gasteiger partial charge on any atom is 0.224 e. The lowest BCUT2D eigenvalue weighted by atomic mass is 10.0. The van der Waals surface area contributed by atoms with E-state index in [9.17, 15) is 4.79 Å². The maximum atomic E-state index is 12.0. The molecule has 19 heavy (non-hydrogen) atoms. The summed E-state index contributed by atoms with van der Waals surface area (Å²) in [5.74, 6) is 1.44. The van der Waals surface area contributed by atoms with Crippen LogP contribution >= 0.6 is 0 Å². The molecule has 0 unspecified atom stereocenters. The second-order valence-corrected chi connectivity index (χ2v) is 5.61. The van der Waals surface area contributed by atoms with Crippen LogP contribution < -0.4 is 14.8 Å². The zero-order valence-electron chi connectivity index (χ0n) is 12.6. The molecule has 1 aromatic carbocycles. The van der Waals surface area contributed by atoms with Crippen LogP contribution in [-0.4, -0.2) is 25.7 Å². The standard InChI is InChI=1S/C15H23NO3/c1-10-7-13(19-6)11(8-12(10)18-5)9-14(17)16-15(2,3)4/h7-8H,9H2,1-6H3,(H,16,17). The number of benzene rings is 1. The average Bonchev–Trinajstić information content (AvgIpc) is 2.28. The summed E-state index contributed by atoms with van der Waals surface area (Å²) >= 11 is 0. The van der Waals surface area contributed by atoms with Crippen LogP contribution in [0.2, 0.25) is 0 Å². The quantitative estimate of drug-likeness (QED) is 0.909. The third kappa shape index (κ3) is 4.47. The molecular weight excluding hydrogens is 242 g/mol. The molecule has 0 radical (unpaired) electrons. The van der Waals surface area contributed by atoms with E-state index in [0.717, 1.165) is 16.9 Å². The predicted molar refractivity (Wildman–Crippen MR) is 75.9 cm³/mol. The number of nitrogens with one attached hydrogen (secondary N) is 1. The molecule has 0 heterocycles. The van der Waals surface area contributed by atoms with Gasteiger partial charge in [-0.15, -0.1) is 0 Å². The lowest BCUT2D eigenvalue weighted by Gasteiger charge is -2.21. The number of hydrogen-bond donors (Lipinski definition) is 1. The van der Waals surface area contributed by atoms with Crippen molar-refractivity contribution in [1.29, 1.82) is 0 Å². The summed E-state index contributed by atoms with van der Waals surface area (Å²) in [4.78, 5) is 12.0. The van der Waals surface area contributed by atoms with E-state index in [1.54, 1.807) is 14.2 Å². The van der Waals surface area contributed by atoms with Crippen LogP contribution in [0.4, 0.5) is 0 Å². The molecule has 0 spiro atoms. The zero-order chi connectivity index (χ0) is 14.6. The Kier molecular flexibility index (Phi) is 4.81. The van der Waals surface area contributed by atoms with Crippen molar-refractivity contribution >= 4 is 5.91 Å². The van der Waals surface area contributed by atoms with Crippen molar-refractivity contribution in [2.45, 2.75) is 39.7 Å². The van der Waals surface area contributed by atoms with Crippen molar-refractivity contribution in [1.82, 2.24) is 5.32 Å². The molecule has 0 fully saturated rings. The van der Waals surface area contributed by atoms with Crippen LogP contribution in [-0.2, 0) is 11.2 Å². The van der Waals surface area contributed by atoms with E-state index in [-0.39, 0.29) is 17.9 Å². The summed E-state index contributed by atoms with van der Waals surface area (Å²) in [7, 11) is 3.22. The second-order valence-electron chi connectivity index (χ2n) is 5.61. The Morgan fingerprint density at radius 3 is 2.21 bits per heavy atom. The van der Waals surface area contributed by atoms with Crippen LogP contribution in [0.5, 0.6) is 11.5 Å². The van der Waals surface area contributed by atoms with Crippen molar-refractivity contribution in [2.24, 2.45) is 0 Å². The van der Waals surface area contributed by atoms with E-state index >= 15 is 0 Å². The summed E-state index contributed by atoms with van der Waals surface area (Å²) < 4.78 is 10.6. The van der Waals surface area contributed by atoms with E-state index in [2.05, 4.69) is 5.32 Å². The minimum atomic E-state index is -0.237. The number of hydrogen-bond acceptors (Lipinski definition) is 3. The maximum absolute atomic E-state index is 12.0. The van der Waals surface area contributed by atoms with Crippen molar-refractivity contribution in [2.75, 3.05) is 14.2 Å². The van der Waals surface area contributed by atoms with Gasteiger partial charge in [-0.05, 0) is 45.4 Å². The molecule has 1 aromatic rings. The highest BCUT2D eigenvalue weighted by Gasteiger charge is 2.17. The van der Waals surface area contributed by atoms with Crippen LogP contribution in [0.3, 0.4) is 0 Å². The topological polar surface area (TPSA) is 47.6 Å². The molecule has 0 aromatic heterocycles. The van der Waals surface area contributed by atoms with E-state index in [1.807, 2.05) is 39.8 Å². The number of amides is 1. The Morgan fingerprint density at radius 1 is 1.16 bits per heavy atom. The van der Waals surface area contributed by atoms with E-state index < -0.39 is 0 Å². The van der Waals surface area contributed by atoms with Gasteiger partial charge in [0.2, 0.25) is 5.91 Å². The minimum absolute atomic E-state index is 0.0308. The van der Waals surface area contributed by atoms with Crippen molar-refractivity contribution in [3.63, 3.8) is 0 Å². The Labute approximate surface area is 115 Å².